The summed E-state index contributed by atoms with van der Waals surface area (Å²) < 4.78 is 19.4. The number of benzene rings is 1. The molecule has 2 unspecified atom stereocenters. The van der Waals surface area contributed by atoms with Gasteiger partial charge in [-0.15, -0.1) is 0 Å². The van der Waals surface area contributed by atoms with Crippen LogP contribution in [0.4, 0.5) is 4.39 Å². The molecule has 2 N–H and O–H groups in total. The lowest BCUT2D eigenvalue weighted by Gasteiger charge is -2.38. The third kappa shape index (κ3) is 2.88. The third-order valence-electron chi connectivity index (χ3n) is 3.52. The van der Waals surface area contributed by atoms with Crippen molar-refractivity contribution in [1.29, 1.82) is 0 Å². The van der Waals surface area contributed by atoms with Gasteiger partial charge in [-0.3, -0.25) is 4.90 Å². The van der Waals surface area contributed by atoms with Crippen molar-refractivity contribution in [3.05, 3.63) is 35.6 Å². The molecule has 1 aromatic carbocycles. The van der Waals surface area contributed by atoms with Gasteiger partial charge in [0, 0.05) is 24.7 Å². The molecule has 100 valence electrons. The van der Waals surface area contributed by atoms with Gasteiger partial charge >= 0.3 is 0 Å². The van der Waals surface area contributed by atoms with E-state index in [9.17, 15) is 4.39 Å². The van der Waals surface area contributed by atoms with E-state index in [1.54, 1.807) is 18.2 Å². The third-order valence-corrected chi connectivity index (χ3v) is 3.52. The topological polar surface area (TPSA) is 38.5 Å². The molecule has 3 nitrogen and oxygen atoms in total. The predicted molar refractivity (Wildman–Crippen MR) is 69.8 cm³/mol. The van der Waals surface area contributed by atoms with Gasteiger partial charge in [0.25, 0.3) is 0 Å². The maximum Gasteiger partial charge on any atom is 0.128 e. The van der Waals surface area contributed by atoms with Crippen molar-refractivity contribution in [2.24, 2.45) is 5.73 Å². The first-order valence-corrected chi connectivity index (χ1v) is 6.45. The molecule has 2 atom stereocenters. The van der Waals surface area contributed by atoms with Crippen molar-refractivity contribution in [1.82, 2.24) is 4.90 Å². The Bertz CT molecular complexity index is 397. The molecule has 1 aliphatic rings. The molecule has 0 amide bonds. The van der Waals surface area contributed by atoms with E-state index in [1.165, 1.54) is 6.07 Å². The summed E-state index contributed by atoms with van der Waals surface area (Å²) in [4.78, 5) is 2.31. The molecule has 0 spiro atoms. The number of nitrogens with zero attached hydrogens (tertiary/aromatic N) is 1. The van der Waals surface area contributed by atoms with E-state index in [1.807, 2.05) is 0 Å². The Labute approximate surface area is 108 Å². The first-order valence-electron chi connectivity index (χ1n) is 6.45. The van der Waals surface area contributed by atoms with Gasteiger partial charge in [0.1, 0.15) is 5.82 Å². The quantitative estimate of drug-likeness (QED) is 0.893. The van der Waals surface area contributed by atoms with Gasteiger partial charge in [0.05, 0.1) is 18.8 Å². The lowest BCUT2D eigenvalue weighted by Crippen LogP contribution is -2.49. The van der Waals surface area contributed by atoms with Crippen LogP contribution in [0.5, 0.6) is 0 Å². The van der Waals surface area contributed by atoms with Crippen molar-refractivity contribution in [3.8, 4) is 0 Å². The maximum absolute atomic E-state index is 13.7. The average Bonchev–Trinajstić information content (AvgIpc) is 2.38. The zero-order valence-electron chi connectivity index (χ0n) is 11.0. The SMILES string of the molecule is CC(C)N1CCOC(C(N)c2ccccc2F)C1. The van der Waals surface area contributed by atoms with Crippen LogP contribution in [0.25, 0.3) is 0 Å². The Morgan fingerprint density at radius 2 is 2.11 bits per heavy atom. The Kier molecular flexibility index (Phi) is 4.32. The summed E-state index contributed by atoms with van der Waals surface area (Å²) in [7, 11) is 0. The number of nitrogens with two attached hydrogens (primary N) is 1. The van der Waals surface area contributed by atoms with Crippen molar-refractivity contribution in [3.63, 3.8) is 0 Å². The summed E-state index contributed by atoms with van der Waals surface area (Å²) in [6.45, 7) is 6.63. The molecule has 0 aliphatic carbocycles. The molecule has 0 aromatic heterocycles. The molecule has 4 heteroatoms. The van der Waals surface area contributed by atoms with E-state index in [-0.39, 0.29) is 11.9 Å². The predicted octanol–water partition coefficient (Wildman–Crippen LogP) is 1.93. The summed E-state index contributed by atoms with van der Waals surface area (Å²) in [6.07, 6.45) is -0.141. The fraction of sp³-hybridized carbons (Fsp3) is 0.571. The molecular formula is C14H21FN2O. The second-order valence-electron chi connectivity index (χ2n) is 5.05. The van der Waals surface area contributed by atoms with Crippen molar-refractivity contribution in [2.75, 3.05) is 19.7 Å². The molecular weight excluding hydrogens is 231 g/mol. The molecule has 1 fully saturated rings. The van der Waals surface area contributed by atoms with Crippen LogP contribution in [0, 0.1) is 5.82 Å². The fourth-order valence-electron chi connectivity index (χ4n) is 2.33. The number of ether oxygens (including phenoxy) is 1. The monoisotopic (exact) mass is 252 g/mol. The second kappa shape index (κ2) is 5.78. The smallest absolute Gasteiger partial charge is 0.128 e. The van der Waals surface area contributed by atoms with Crippen molar-refractivity contribution < 1.29 is 9.13 Å². The summed E-state index contributed by atoms with van der Waals surface area (Å²) in [5, 5.41) is 0. The number of hydrogen-bond acceptors (Lipinski definition) is 3. The largest absolute Gasteiger partial charge is 0.374 e. The van der Waals surface area contributed by atoms with Gasteiger partial charge in [0.2, 0.25) is 0 Å². The molecule has 1 heterocycles. The minimum Gasteiger partial charge on any atom is -0.374 e. The number of morpholine rings is 1. The van der Waals surface area contributed by atoms with Gasteiger partial charge < -0.3 is 10.5 Å². The molecule has 1 aliphatic heterocycles. The van der Waals surface area contributed by atoms with Gasteiger partial charge in [-0.25, -0.2) is 4.39 Å². The van der Waals surface area contributed by atoms with Crippen LogP contribution in [0.15, 0.2) is 24.3 Å². The standard InChI is InChI=1S/C14H21FN2O/c1-10(2)17-7-8-18-13(9-17)14(16)11-5-3-4-6-12(11)15/h3-6,10,13-14H,7-9,16H2,1-2H3. The van der Waals surface area contributed by atoms with Crippen molar-refractivity contribution >= 4 is 0 Å². The zero-order chi connectivity index (χ0) is 13.1. The minimum absolute atomic E-state index is 0.141. The highest BCUT2D eigenvalue weighted by atomic mass is 19.1. The van der Waals surface area contributed by atoms with E-state index >= 15 is 0 Å². The normalized spacial score (nSPS) is 23.3. The van der Waals surface area contributed by atoms with E-state index < -0.39 is 6.04 Å². The Morgan fingerprint density at radius 3 is 2.78 bits per heavy atom. The minimum atomic E-state index is -0.409. The van der Waals surface area contributed by atoms with E-state index in [2.05, 4.69) is 18.7 Å². The van der Waals surface area contributed by atoms with Gasteiger partial charge in [-0.1, -0.05) is 18.2 Å². The van der Waals surface area contributed by atoms with Gasteiger partial charge in [0.15, 0.2) is 0 Å². The van der Waals surface area contributed by atoms with Crippen LogP contribution < -0.4 is 5.73 Å². The number of rotatable bonds is 3. The van der Waals surface area contributed by atoms with Crippen LogP contribution in [0.2, 0.25) is 0 Å². The van der Waals surface area contributed by atoms with Crippen molar-refractivity contribution in [2.45, 2.75) is 32.0 Å². The molecule has 1 aromatic rings. The zero-order valence-corrected chi connectivity index (χ0v) is 11.0. The summed E-state index contributed by atoms with van der Waals surface area (Å²) in [5.74, 6) is -0.254. The first kappa shape index (κ1) is 13.5. The van der Waals surface area contributed by atoms with E-state index in [4.69, 9.17) is 10.5 Å². The average molecular weight is 252 g/mol. The molecule has 0 radical (unpaired) electrons. The Morgan fingerprint density at radius 1 is 1.39 bits per heavy atom. The van der Waals surface area contributed by atoms with Crippen LogP contribution in [-0.2, 0) is 4.74 Å². The fourth-order valence-corrected chi connectivity index (χ4v) is 2.33. The molecule has 0 bridgehead atoms. The van der Waals surface area contributed by atoms with E-state index in [0.29, 0.717) is 18.2 Å². The first-order chi connectivity index (χ1) is 8.59. The van der Waals surface area contributed by atoms with Gasteiger partial charge in [-0.2, -0.15) is 0 Å². The second-order valence-corrected chi connectivity index (χ2v) is 5.05. The summed E-state index contributed by atoms with van der Waals surface area (Å²) in [6, 6.07) is 6.71. The van der Waals surface area contributed by atoms with Crippen LogP contribution >= 0.6 is 0 Å². The van der Waals surface area contributed by atoms with E-state index in [0.717, 1.165) is 13.1 Å². The lowest BCUT2D eigenvalue weighted by molar-refractivity contribution is -0.0506. The van der Waals surface area contributed by atoms with Gasteiger partial charge in [-0.05, 0) is 19.9 Å². The lowest BCUT2D eigenvalue weighted by atomic mass is 10.00. The van der Waals surface area contributed by atoms with Crippen LogP contribution in [-0.4, -0.2) is 36.7 Å². The van der Waals surface area contributed by atoms with Crippen LogP contribution in [0.1, 0.15) is 25.5 Å². The highest BCUT2D eigenvalue weighted by Gasteiger charge is 2.29. The maximum atomic E-state index is 13.7. The highest BCUT2D eigenvalue weighted by molar-refractivity contribution is 5.22. The Balaban J connectivity index is 2.09. The highest BCUT2D eigenvalue weighted by Crippen LogP contribution is 2.23. The molecule has 1 saturated heterocycles. The summed E-state index contributed by atoms with van der Waals surface area (Å²) >= 11 is 0. The van der Waals surface area contributed by atoms with Crippen LogP contribution in [0.3, 0.4) is 0 Å². The molecule has 18 heavy (non-hydrogen) atoms. The molecule has 0 saturated carbocycles. The number of halogens is 1. The summed E-state index contributed by atoms with van der Waals surface area (Å²) in [5.41, 5.74) is 6.68. The Hall–Kier alpha value is -0.970. The molecule has 2 rings (SSSR count). The number of hydrogen-bond donors (Lipinski definition) is 1.